The van der Waals surface area contributed by atoms with Gasteiger partial charge in [0.1, 0.15) is 0 Å². The minimum absolute atomic E-state index is 0.00583. The van der Waals surface area contributed by atoms with E-state index in [1.165, 1.54) is 22.6 Å². The fraction of sp³-hybridized carbons (Fsp3) is 0.786. The number of nitrogens with zero attached hydrogens (tertiary/aromatic N) is 1. The summed E-state index contributed by atoms with van der Waals surface area (Å²) in [6, 6.07) is -0.0724. The fourth-order valence-electron chi connectivity index (χ4n) is 2.79. The Bertz CT molecular complexity index is 406. The van der Waals surface area contributed by atoms with Crippen LogP contribution < -0.4 is 10.2 Å². The molecule has 2 N–H and O–H groups in total. The van der Waals surface area contributed by atoms with Gasteiger partial charge in [0.25, 0.3) is 11.1 Å². The molecule has 0 radical (unpaired) electrons. The molecule has 2 fully saturated rings. The number of thioether (sulfide) groups is 1. The topological polar surface area (TPSA) is 70.9 Å². The summed E-state index contributed by atoms with van der Waals surface area (Å²) in [6.45, 7) is 6.89. The molecule has 2 aliphatic heterocycles. The van der Waals surface area contributed by atoms with Crippen LogP contribution in [-0.4, -0.2) is 59.9 Å². The molecule has 0 aromatic heterocycles. The van der Waals surface area contributed by atoms with Gasteiger partial charge in [0.2, 0.25) is 5.91 Å². The highest BCUT2D eigenvalue weighted by atomic mass is 32.2. The van der Waals surface area contributed by atoms with Crippen molar-refractivity contribution < 1.29 is 19.3 Å². The Labute approximate surface area is 129 Å². The first-order chi connectivity index (χ1) is 9.99. The van der Waals surface area contributed by atoms with Gasteiger partial charge in [0.05, 0.1) is 18.8 Å². The number of imide groups is 1. The molecule has 7 heteroatoms. The third-order valence-electron chi connectivity index (χ3n) is 4.40. The van der Waals surface area contributed by atoms with Gasteiger partial charge in [-0.25, -0.2) is 0 Å². The summed E-state index contributed by atoms with van der Waals surface area (Å²) in [5, 5.41) is 2.63. The molecule has 0 aliphatic carbocycles. The number of rotatable bonds is 5. The molecule has 118 valence electrons. The molecule has 0 bridgehead atoms. The van der Waals surface area contributed by atoms with Crippen LogP contribution in [0.3, 0.4) is 0 Å². The second kappa shape index (κ2) is 7.26. The maximum Gasteiger partial charge on any atom is 0.288 e. The number of quaternary nitrogens is 1. The molecule has 2 rings (SSSR count). The zero-order chi connectivity index (χ0) is 15.4. The first kappa shape index (κ1) is 16.3. The average molecular weight is 314 g/mol. The van der Waals surface area contributed by atoms with Crippen LogP contribution in [-0.2, 0) is 9.59 Å². The molecule has 0 unspecified atom stereocenters. The van der Waals surface area contributed by atoms with E-state index in [0.29, 0.717) is 6.54 Å². The minimum Gasteiger partial charge on any atom is -0.349 e. The van der Waals surface area contributed by atoms with Crippen LogP contribution >= 0.6 is 11.8 Å². The van der Waals surface area contributed by atoms with Crippen molar-refractivity contribution in [2.45, 2.75) is 32.7 Å². The zero-order valence-electron chi connectivity index (χ0n) is 12.7. The highest BCUT2D eigenvalue weighted by molar-refractivity contribution is 8.14. The van der Waals surface area contributed by atoms with E-state index in [0.717, 1.165) is 30.8 Å². The zero-order valence-corrected chi connectivity index (χ0v) is 13.5. The smallest absolute Gasteiger partial charge is 0.288 e. The van der Waals surface area contributed by atoms with Crippen molar-refractivity contribution in [3.63, 3.8) is 0 Å². The SMILES string of the molecule is CC1CC[NH+]([C@H](C)C(=O)NCCN2C(=O)CSC2=O)CC1. The Morgan fingerprint density at radius 1 is 1.43 bits per heavy atom. The first-order valence-electron chi connectivity index (χ1n) is 7.58. The van der Waals surface area contributed by atoms with E-state index in [4.69, 9.17) is 0 Å². The monoisotopic (exact) mass is 314 g/mol. The van der Waals surface area contributed by atoms with Gasteiger partial charge in [-0.1, -0.05) is 18.7 Å². The summed E-state index contributed by atoms with van der Waals surface area (Å²) in [5.74, 6) is 0.821. The average Bonchev–Trinajstić information content (AvgIpc) is 2.79. The molecule has 6 nitrogen and oxygen atoms in total. The van der Waals surface area contributed by atoms with Crippen LogP contribution in [0.4, 0.5) is 4.79 Å². The van der Waals surface area contributed by atoms with Crippen LogP contribution in [0.15, 0.2) is 0 Å². The first-order valence-corrected chi connectivity index (χ1v) is 8.57. The lowest BCUT2D eigenvalue weighted by Crippen LogP contribution is -3.17. The lowest BCUT2D eigenvalue weighted by atomic mass is 9.98. The number of amides is 3. The predicted molar refractivity (Wildman–Crippen MR) is 81.1 cm³/mol. The Balaban J connectivity index is 1.71. The van der Waals surface area contributed by atoms with E-state index in [2.05, 4.69) is 12.2 Å². The molecule has 3 amide bonds. The minimum atomic E-state index is -0.210. The number of hydrogen-bond acceptors (Lipinski definition) is 4. The van der Waals surface area contributed by atoms with Crippen molar-refractivity contribution in [2.75, 3.05) is 31.9 Å². The highest BCUT2D eigenvalue weighted by Gasteiger charge is 2.31. The molecule has 2 saturated heterocycles. The van der Waals surface area contributed by atoms with Crippen LogP contribution in [0.2, 0.25) is 0 Å². The number of carbonyl (C=O) groups excluding carboxylic acids is 3. The van der Waals surface area contributed by atoms with Crippen LogP contribution in [0, 0.1) is 5.92 Å². The lowest BCUT2D eigenvalue weighted by Gasteiger charge is -2.31. The Morgan fingerprint density at radius 3 is 2.67 bits per heavy atom. The van der Waals surface area contributed by atoms with E-state index in [-0.39, 0.29) is 35.4 Å². The number of hydrogen-bond donors (Lipinski definition) is 2. The Kier molecular flexibility index (Phi) is 5.64. The molecule has 0 aromatic carbocycles. The highest BCUT2D eigenvalue weighted by Crippen LogP contribution is 2.17. The quantitative estimate of drug-likeness (QED) is 0.718. The fourth-order valence-corrected chi connectivity index (χ4v) is 3.54. The standard InChI is InChI=1S/C14H23N3O3S/c1-10-3-6-16(7-4-10)11(2)13(19)15-5-8-17-12(18)9-21-14(17)20/h10-11H,3-9H2,1-2H3,(H,15,19)/p+1/t11-/m1/s1. The summed E-state index contributed by atoms with van der Waals surface area (Å²) in [5.41, 5.74) is 0. The van der Waals surface area contributed by atoms with Gasteiger partial charge in [0.15, 0.2) is 6.04 Å². The van der Waals surface area contributed by atoms with Crippen LogP contribution in [0.25, 0.3) is 0 Å². The number of carbonyl (C=O) groups is 3. The maximum atomic E-state index is 12.1. The summed E-state index contributed by atoms with van der Waals surface area (Å²) >= 11 is 1.02. The maximum absolute atomic E-state index is 12.1. The van der Waals surface area contributed by atoms with Crippen molar-refractivity contribution >= 4 is 28.8 Å². The molecule has 0 saturated carbocycles. The third-order valence-corrected chi connectivity index (χ3v) is 5.26. The summed E-state index contributed by atoms with van der Waals surface area (Å²) in [6.07, 6.45) is 2.34. The Hall–Kier alpha value is -1.08. The molecule has 21 heavy (non-hydrogen) atoms. The van der Waals surface area contributed by atoms with Gasteiger partial charge in [-0.3, -0.25) is 19.3 Å². The second-order valence-corrected chi connectivity index (χ2v) is 6.88. The van der Waals surface area contributed by atoms with E-state index in [1.807, 2.05) is 6.92 Å². The summed E-state index contributed by atoms with van der Waals surface area (Å²) < 4.78 is 0. The molecule has 1 atom stereocenters. The van der Waals surface area contributed by atoms with Gasteiger partial charge >= 0.3 is 0 Å². The molecular weight excluding hydrogens is 290 g/mol. The van der Waals surface area contributed by atoms with Gasteiger partial charge in [-0.2, -0.15) is 0 Å². The van der Waals surface area contributed by atoms with Crippen molar-refractivity contribution in [1.29, 1.82) is 0 Å². The van der Waals surface area contributed by atoms with Crippen LogP contribution in [0.5, 0.6) is 0 Å². The second-order valence-electron chi connectivity index (χ2n) is 5.95. The van der Waals surface area contributed by atoms with E-state index in [1.54, 1.807) is 0 Å². The molecule has 0 aromatic rings. The normalized spacial score (nSPS) is 27.8. The Morgan fingerprint density at radius 2 is 2.10 bits per heavy atom. The van der Waals surface area contributed by atoms with Gasteiger partial charge in [0, 0.05) is 13.1 Å². The summed E-state index contributed by atoms with van der Waals surface area (Å²) in [7, 11) is 0. The largest absolute Gasteiger partial charge is 0.349 e. The summed E-state index contributed by atoms with van der Waals surface area (Å²) in [4.78, 5) is 37.5. The third kappa shape index (κ3) is 4.20. The van der Waals surface area contributed by atoms with Crippen molar-refractivity contribution in [1.82, 2.24) is 10.2 Å². The van der Waals surface area contributed by atoms with E-state index < -0.39 is 0 Å². The predicted octanol–water partition coefficient (Wildman–Crippen LogP) is -0.499. The number of nitrogens with one attached hydrogen (secondary N) is 2. The van der Waals surface area contributed by atoms with Gasteiger partial charge < -0.3 is 10.2 Å². The number of likely N-dealkylation sites (tertiary alicyclic amines) is 1. The molecular formula is C14H24N3O3S+. The molecule has 2 aliphatic rings. The van der Waals surface area contributed by atoms with Gasteiger partial charge in [-0.05, 0) is 25.7 Å². The van der Waals surface area contributed by atoms with E-state index in [9.17, 15) is 14.4 Å². The lowest BCUT2D eigenvalue weighted by molar-refractivity contribution is -0.920. The van der Waals surface area contributed by atoms with Crippen molar-refractivity contribution in [3.05, 3.63) is 0 Å². The molecule has 0 spiro atoms. The number of piperidine rings is 1. The van der Waals surface area contributed by atoms with Crippen LogP contribution in [0.1, 0.15) is 26.7 Å². The molecule has 2 heterocycles. The van der Waals surface area contributed by atoms with E-state index >= 15 is 0 Å². The van der Waals surface area contributed by atoms with Crippen molar-refractivity contribution in [2.24, 2.45) is 5.92 Å². The van der Waals surface area contributed by atoms with Crippen molar-refractivity contribution in [3.8, 4) is 0 Å². The van der Waals surface area contributed by atoms with Gasteiger partial charge in [-0.15, -0.1) is 0 Å².